The lowest BCUT2D eigenvalue weighted by molar-refractivity contribution is 0.277. The summed E-state index contributed by atoms with van der Waals surface area (Å²) in [6.07, 6.45) is 0. The zero-order chi connectivity index (χ0) is 14.3. The Labute approximate surface area is 111 Å². The molecule has 19 heavy (non-hydrogen) atoms. The lowest BCUT2D eigenvalue weighted by Crippen LogP contribution is -2.44. The summed E-state index contributed by atoms with van der Waals surface area (Å²) in [5.74, 6) is -0.381. The van der Waals surface area contributed by atoms with Crippen molar-refractivity contribution in [2.24, 2.45) is 0 Å². The first-order valence-corrected chi connectivity index (χ1v) is 8.89. The number of aryl methyl sites for hydroxylation is 1. The number of hydrogen-bond acceptors (Lipinski definition) is 6. The SMILES string of the molecule is Cc1[nH]nc(S(=O)(=O)N2CCS(=O)(=O)CC2)c1CO. The van der Waals surface area contributed by atoms with Crippen LogP contribution in [0.1, 0.15) is 11.3 Å². The lowest BCUT2D eigenvalue weighted by Gasteiger charge is -2.25. The van der Waals surface area contributed by atoms with Gasteiger partial charge in [0.05, 0.1) is 18.1 Å². The maximum atomic E-state index is 12.3. The van der Waals surface area contributed by atoms with Gasteiger partial charge < -0.3 is 5.11 Å². The Morgan fingerprint density at radius 2 is 1.95 bits per heavy atom. The number of hydrogen-bond donors (Lipinski definition) is 2. The smallest absolute Gasteiger partial charge is 0.262 e. The summed E-state index contributed by atoms with van der Waals surface area (Å²) in [7, 11) is -7.02. The number of rotatable bonds is 3. The fourth-order valence-electron chi connectivity index (χ4n) is 1.89. The molecule has 10 heteroatoms. The van der Waals surface area contributed by atoms with E-state index in [1.807, 2.05) is 0 Å². The van der Waals surface area contributed by atoms with Gasteiger partial charge in [-0.25, -0.2) is 16.8 Å². The third-order valence-corrected chi connectivity index (χ3v) is 6.56. The molecule has 2 heterocycles. The molecule has 0 spiro atoms. The van der Waals surface area contributed by atoms with Gasteiger partial charge in [0, 0.05) is 24.3 Å². The highest BCUT2D eigenvalue weighted by Crippen LogP contribution is 2.21. The second-order valence-corrected chi connectivity index (χ2v) is 8.50. The maximum absolute atomic E-state index is 12.3. The van der Waals surface area contributed by atoms with Crippen molar-refractivity contribution in [1.29, 1.82) is 0 Å². The fourth-order valence-corrected chi connectivity index (χ4v) is 4.92. The maximum Gasteiger partial charge on any atom is 0.262 e. The first-order valence-electron chi connectivity index (χ1n) is 5.63. The van der Waals surface area contributed by atoms with Crippen LogP contribution in [-0.2, 0) is 26.5 Å². The van der Waals surface area contributed by atoms with Crippen LogP contribution in [0.5, 0.6) is 0 Å². The number of sulfone groups is 1. The molecular weight excluding hydrogens is 294 g/mol. The molecular formula is C9H15N3O5S2. The second kappa shape index (κ2) is 4.85. The molecule has 0 amide bonds. The third kappa shape index (κ3) is 2.66. The van der Waals surface area contributed by atoms with E-state index >= 15 is 0 Å². The number of nitrogens with zero attached hydrogens (tertiary/aromatic N) is 2. The second-order valence-electron chi connectivity index (χ2n) is 4.35. The summed E-state index contributed by atoms with van der Waals surface area (Å²) in [4.78, 5) is 0. The Balaban J connectivity index is 2.33. The average molecular weight is 309 g/mol. The van der Waals surface area contributed by atoms with E-state index in [0.29, 0.717) is 5.69 Å². The Morgan fingerprint density at radius 3 is 2.47 bits per heavy atom. The molecule has 2 rings (SSSR count). The molecule has 1 aromatic heterocycles. The van der Waals surface area contributed by atoms with Crippen LogP contribution in [-0.4, -0.2) is 61.0 Å². The fraction of sp³-hybridized carbons (Fsp3) is 0.667. The van der Waals surface area contributed by atoms with E-state index in [1.54, 1.807) is 6.92 Å². The van der Waals surface area contributed by atoms with Gasteiger partial charge in [-0.3, -0.25) is 5.10 Å². The molecule has 1 aromatic rings. The van der Waals surface area contributed by atoms with Crippen molar-refractivity contribution >= 4 is 19.9 Å². The van der Waals surface area contributed by atoms with Gasteiger partial charge in [-0.05, 0) is 6.92 Å². The molecule has 0 unspecified atom stereocenters. The van der Waals surface area contributed by atoms with E-state index in [1.165, 1.54) is 0 Å². The standard InChI is InChI=1S/C9H15N3O5S2/c1-7-8(6-13)9(11-10-7)19(16,17)12-2-4-18(14,15)5-3-12/h13H,2-6H2,1H3,(H,10,11). The quantitative estimate of drug-likeness (QED) is 0.710. The molecule has 0 saturated carbocycles. The predicted octanol–water partition coefficient (Wildman–Crippen LogP) is -1.37. The zero-order valence-corrected chi connectivity index (χ0v) is 12.0. The Morgan fingerprint density at radius 1 is 1.37 bits per heavy atom. The molecule has 1 aliphatic rings. The molecule has 1 saturated heterocycles. The molecule has 2 N–H and O–H groups in total. The topological polar surface area (TPSA) is 120 Å². The first kappa shape index (κ1) is 14.4. The van der Waals surface area contributed by atoms with Crippen molar-refractivity contribution in [2.45, 2.75) is 18.6 Å². The van der Waals surface area contributed by atoms with Gasteiger partial charge in [0.25, 0.3) is 10.0 Å². The number of H-pyrrole nitrogens is 1. The van der Waals surface area contributed by atoms with Crippen molar-refractivity contribution < 1.29 is 21.9 Å². The predicted molar refractivity (Wildman–Crippen MR) is 66.7 cm³/mol. The van der Waals surface area contributed by atoms with Crippen LogP contribution in [0.25, 0.3) is 0 Å². The van der Waals surface area contributed by atoms with Crippen molar-refractivity contribution in [2.75, 3.05) is 24.6 Å². The number of nitrogens with one attached hydrogen (secondary N) is 1. The van der Waals surface area contributed by atoms with E-state index in [0.717, 1.165) is 4.31 Å². The first-order chi connectivity index (χ1) is 8.78. The summed E-state index contributed by atoms with van der Waals surface area (Å²) in [5.41, 5.74) is 0.694. The van der Waals surface area contributed by atoms with Gasteiger partial charge in [0.2, 0.25) is 0 Å². The molecule has 0 atom stereocenters. The van der Waals surface area contributed by atoms with Gasteiger partial charge in [0.1, 0.15) is 0 Å². The average Bonchev–Trinajstić information content (AvgIpc) is 2.70. The number of sulfonamides is 1. The molecule has 1 fully saturated rings. The molecule has 0 aliphatic carbocycles. The van der Waals surface area contributed by atoms with E-state index < -0.39 is 26.5 Å². The highest BCUT2D eigenvalue weighted by molar-refractivity contribution is 7.92. The number of aromatic amines is 1. The van der Waals surface area contributed by atoms with Gasteiger partial charge >= 0.3 is 0 Å². The minimum Gasteiger partial charge on any atom is -0.392 e. The molecule has 1 aliphatic heterocycles. The van der Waals surface area contributed by atoms with E-state index in [-0.39, 0.29) is 35.2 Å². The van der Waals surface area contributed by atoms with Crippen molar-refractivity contribution in [3.8, 4) is 0 Å². The third-order valence-electron chi connectivity index (χ3n) is 3.08. The van der Waals surface area contributed by atoms with Crippen LogP contribution in [0.4, 0.5) is 0 Å². The molecule has 108 valence electrons. The summed E-state index contributed by atoms with van der Waals surface area (Å²) < 4.78 is 48.4. The molecule has 0 aromatic carbocycles. The summed E-state index contributed by atoms with van der Waals surface area (Å²) in [5, 5.41) is 15.2. The van der Waals surface area contributed by atoms with Crippen LogP contribution in [0.15, 0.2) is 5.03 Å². The Hall–Kier alpha value is -0.970. The monoisotopic (exact) mass is 309 g/mol. The Bertz CT molecular complexity index is 663. The number of aliphatic hydroxyl groups is 1. The number of aliphatic hydroxyl groups excluding tert-OH is 1. The van der Waals surface area contributed by atoms with Crippen LogP contribution in [0, 0.1) is 6.92 Å². The van der Waals surface area contributed by atoms with Gasteiger partial charge in [0.15, 0.2) is 14.9 Å². The highest BCUT2D eigenvalue weighted by atomic mass is 32.2. The van der Waals surface area contributed by atoms with Crippen LogP contribution in [0.2, 0.25) is 0 Å². The normalized spacial score (nSPS) is 20.5. The van der Waals surface area contributed by atoms with E-state index in [2.05, 4.69) is 10.2 Å². The van der Waals surface area contributed by atoms with Crippen LogP contribution in [0.3, 0.4) is 0 Å². The van der Waals surface area contributed by atoms with Gasteiger partial charge in [-0.2, -0.15) is 9.40 Å². The van der Waals surface area contributed by atoms with Crippen molar-refractivity contribution in [1.82, 2.24) is 14.5 Å². The zero-order valence-electron chi connectivity index (χ0n) is 10.3. The summed E-state index contributed by atoms with van der Waals surface area (Å²) >= 11 is 0. The van der Waals surface area contributed by atoms with Crippen LogP contribution >= 0.6 is 0 Å². The minimum absolute atomic E-state index is 0.0819. The van der Waals surface area contributed by atoms with Crippen molar-refractivity contribution in [3.63, 3.8) is 0 Å². The number of aromatic nitrogens is 2. The molecule has 0 bridgehead atoms. The largest absolute Gasteiger partial charge is 0.392 e. The van der Waals surface area contributed by atoms with Crippen molar-refractivity contribution in [3.05, 3.63) is 11.3 Å². The summed E-state index contributed by atoms with van der Waals surface area (Å²) in [6, 6.07) is 0. The molecule has 8 nitrogen and oxygen atoms in total. The van der Waals surface area contributed by atoms with E-state index in [4.69, 9.17) is 0 Å². The van der Waals surface area contributed by atoms with Crippen LogP contribution < -0.4 is 0 Å². The Kier molecular flexibility index (Phi) is 3.69. The van der Waals surface area contributed by atoms with E-state index in [9.17, 15) is 21.9 Å². The van der Waals surface area contributed by atoms with Gasteiger partial charge in [-0.1, -0.05) is 0 Å². The lowest BCUT2D eigenvalue weighted by atomic mass is 10.3. The van der Waals surface area contributed by atoms with Gasteiger partial charge in [-0.15, -0.1) is 0 Å². The highest BCUT2D eigenvalue weighted by Gasteiger charge is 2.34. The minimum atomic E-state index is -3.87. The summed E-state index contributed by atoms with van der Waals surface area (Å²) in [6.45, 7) is 1.00. The molecule has 0 radical (unpaired) electrons.